The number of nitrogens with zero attached hydrogens (tertiary/aromatic N) is 2. The summed E-state index contributed by atoms with van der Waals surface area (Å²) in [6.45, 7) is 0. The summed E-state index contributed by atoms with van der Waals surface area (Å²) in [5.41, 5.74) is 12.2. The number of anilines is 4. The number of hydrogen-bond donors (Lipinski definition) is 0. The Morgan fingerprint density at radius 2 is 0.690 bits per heavy atom. The van der Waals surface area contributed by atoms with Crippen LogP contribution in [-0.2, 0) is 0 Å². The van der Waals surface area contributed by atoms with Crippen LogP contribution in [0.3, 0.4) is 0 Å². The van der Waals surface area contributed by atoms with Gasteiger partial charge in [-0.3, -0.25) is 0 Å². The van der Waals surface area contributed by atoms with Gasteiger partial charge in [-0.1, -0.05) is 133 Å². The van der Waals surface area contributed by atoms with Crippen LogP contribution >= 0.6 is 22.7 Å². The van der Waals surface area contributed by atoms with Gasteiger partial charge < -0.3 is 9.80 Å². The van der Waals surface area contributed by atoms with Crippen LogP contribution in [0.4, 0.5) is 22.7 Å². The SMILES string of the molecule is C1=C(N(c2ccccc2)c2ccc3sc4ccccc4c3c2)c2ccccc2C2C=C(N(c3ccccc3)c3ccc4sc5ccccc5c4c3)c3ccccc3C12. The molecule has 58 heavy (non-hydrogen) atoms. The molecule has 0 saturated carbocycles. The molecule has 2 aliphatic carbocycles. The van der Waals surface area contributed by atoms with E-state index in [1.807, 2.05) is 22.7 Å². The van der Waals surface area contributed by atoms with Crippen molar-refractivity contribution in [2.24, 2.45) is 0 Å². The summed E-state index contributed by atoms with van der Waals surface area (Å²) in [7, 11) is 0. The van der Waals surface area contributed by atoms with Crippen molar-refractivity contribution in [2.75, 3.05) is 9.80 Å². The molecule has 12 rings (SSSR count). The third-order valence-corrected chi connectivity index (χ3v) is 14.3. The third kappa shape index (κ3) is 5.30. The largest absolute Gasteiger partial charge is 0.310 e. The molecule has 0 amide bonds. The van der Waals surface area contributed by atoms with Gasteiger partial charge in [-0.2, -0.15) is 0 Å². The van der Waals surface area contributed by atoms with Gasteiger partial charge in [0.1, 0.15) is 0 Å². The zero-order valence-corrected chi connectivity index (χ0v) is 33.1. The fourth-order valence-corrected chi connectivity index (χ4v) is 11.6. The summed E-state index contributed by atoms with van der Waals surface area (Å²) >= 11 is 3.73. The van der Waals surface area contributed by atoms with E-state index in [1.165, 1.54) is 74.0 Å². The Morgan fingerprint density at radius 1 is 0.310 bits per heavy atom. The summed E-state index contributed by atoms with van der Waals surface area (Å²) in [5.74, 6) is 0.255. The van der Waals surface area contributed by atoms with Crippen LogP contribution in [0.1, 0.15) is 34.1 Å². The molecule has 0 radical (unpaired) electrons. The maximum Gasteiger partial charge on any atom is 0.0503 e. The van der Waals surface area contributed by atoms with Crippen molar-refractivity contribution in [3.8, 4) is 0 Å². The second-order valence-corrected chi connectivity index (χ2v) is 17.4. The first-order valence-corrected chi connectivity index (χ1v) is 21.6. The van der Waals surface area contributed by atoms with Gasteiger partial charge >= 0.3 is 0 Å². The second kappa shape index (κ2) is 13.5. The average Bonchev–Trinajstić information content (AvgIpc) is 3.85. The molecule has 0 bridgehead atoms. The predicted molar refractivity (Wildman–Crippen MR) is 250 cm³/mol. The number of allylic oxidation sites excluding steroid dienone is 2. The zero-order chi connectivity index (χ0) is 38.2. The number of benzene rings is 8. The first-order chi connectivity index (χ1) is 28.8. The van der Waals surface area contributed by atoms with Crippen LogP contribution in [-0.4, -0.2) is 0 Å². The van der Waals surface area contributed by atoms with Gasteiger partial charge in [-0.15, -0.1) is 22.7 Å². The Kier molecular flexibility index (Phi) is 7.75. The Bertz CT molecular complexity index is 3040. The molecule has 0 aliphatic heterocycles. The van der Waals surface area contributed by atoms with E-state index in [0.29, 0.717) is 0 Å². The van der Waals surface area contributed by atoms with Crippen molar-refractivity contribution in [3.63, 3.8) is 0 Å². The summed E-state index contributed by atoms with van der Waals surface area (Å²) in [5, 5.41) is 5.21. The van der Waals surface area contributed by atoms with Gasteiger partial charge in [0.15, 0.2) is 0 Å². The molecule has 4 heteroatoms. The van der Waals surface area contributed by atoms with Crippen LogP contribution in [0.2, 0.25) is 0 Å². The molecule has 2 nitrogen and oxygen atoms in total. The van der Waals surface area contributed by atoms with Crippen molar-refractivity contribution >= 4 is 97.2 Å². The molecular formula is C54H36N2S2. The second-order valence-electron chi connectivity index (χ2n) is 15.2. The van der Waals surface area contributed by atoms with E-state index in [4.69, 9.17) is 0 Å². The molecule has 2 atom stereocenters. The first kappa shape index (κ1) is 33.4. The lowest BCUT2D eigenvalue weighted by Gasteiger charge is -2.41. The molecule has 2 heterocycles. The maximum absolute atomic E-state index is 2.55. The molecule has 2 aromatic heterocycles. The van der Waals surface area contributed by atoms with Gasteiger partial charge in [-0.25, -0.2) is 0 Å². The molecule has 0 spiro atoms. The monoisotopic (exact) mass is 776 g/mol. The highest BCUT2D eigenvalue weighted by atomic mass is 32.1. The predicted octanol–water partition coefficient (Wildman–Crippen LogP) is 15.7. The summed E-state index contributed by atoms with van der Waals surface area (Å²) in [6, 6.07) is 71.6. The maximum atomic E-state index is 2.55. The summed E-state index contributed by atoms with van der Waals surface area (Å²) < 4.78 is 5.26. The van der Waals surface area contributed by atoms with E-state index < -0.39 is 0 Å². The van der Waals surface area contributed by atoms with E-state index >= 15 is 0 Å². The smallest absolute Gasteiger partial charge is 0.0503 e. The lowest BCUT2D eigenvalue weighted by molar-refractivity contribution is 0.711. The zero-order valence-electron chi connectivity index (χ0n) is 31.5. The fourth-order valence-electron chi connectivity index (χ4n) is 9.44. The summed E-state index contributed by atoms with van der Waals surface area (Å²) in [4.78, 5) is 4.97. The molecule has 0 saturated heterocycles. The van der Waals surface area contributed by atoms with Gasteiger partial charge in [0, 0.05) is 86.1 Å². The van der Waals surface area contributed by atoms with E-state index in [0.717, 1.165) is 22.7 Å². The van der Waals surface area contributed by atoms with Gasteiger partial charge in [0.05, 0.1) is 11.4 Å². The van der Waals surface area contributed by atoms with Crippen LogP contribution in [0.15, 0.2) is 206 Å². The molecule has 10 aromatic rings. The molecule has 2 aliphatic rings. The molecule has 2 unspecified atom stereocenters. The van der Waals surface area contributed by atoms with Crippen LogP contribution in [0.5, 0.6) is 0 Å². The third-order valence-electron chi connectivity index (χ3n) is 12.0. The van der Waals surface area contributed by atoms with E-state index in [-0.39, 0.29) is 11.8 Å². The quantitative estimate of drug-likeness (QED) is 0.166. The topological polar surface area (TPSA) is 6.48 Å². The number of para-hydroxylation sites is 2. The van der Waals surface area contributed by atoms with Crippen molar-refractivity contribution in [2.45, 2.75) is 11.8 Å². The van der Waals surface area contributed by atoms with Crippen molar-refractivity contribution < 1.29 is 0 Å². The van der Waals surface area contributed by atoms with Crippen molar-refractivity contribution in [1.29, 1.82) is 0 Å². The molecular weight excluding hydrogens is 741 g/mol. The lowest BCUT2D eigenvalue weighted by atomic mass is 9.69. The summed E-state index contributed by atoms with van der Waals surface area (Å²) in [6.07, 6.45) is 5.11. The van der Waals surface area contributed by atoms with Gasteiger partial charge in [0.2, 0.25) is 0 Å². The highest BCUT2D eigenvalue weighted by Gasteiger charge is 2.38. The van der Waals surface area contributed by atoms with E-state index in [2.05, 4.69) is 216 Å². The highest BCUT2D eigenvalue weighted by Crippen LogP contribution is 2.54. The number of fused-ring (bicyclic) bond motifs is 11. The Labute approximate surface area is 345 Å². The lowest BCUT2D eigenvalue weighted by Crippen LogP contribution is -2.28. The average molecular weight is 777 g/mol. The molecule has 0 fully saturated rings. The van der Waals surface area contributed by atoms with Gasteiger partial charge in [0.25, 0.3) is 0 Å². The molecule has 0 N–H and O–H groups in total. The van der Waals surface area contributed by atoms with Crippen LogP contribution in [0.25, 0.3) is 51.7 Å². The molecule has 8 aromatic carbocycles. The standard InChI is InChI=1S/C54H36N2S2/c1-3-15-35(16-4-1)55(37-27-29-53-47(31-37)43-23-11-13-25-51(43)57-53)49-33-45-40-20-8-10-22-42(40)50(34-46(45)39-19-7-9-21-41(39)49)56(36-17-5-2-6-18-36)38-28-30-54-48(32-38)44-24-12-14-26-52(44)58-54/h1-34,45-46H. The minimum absolute atomic E-state index is 0.127. The van der Waals surface area contributed by atoms with Crippen molar-refractivity contribution in [1.82, 2.24) is 0 Å². The molecule has 274 valence electrons. The number of rotatable bonds is 6. The van der Waals surface area contributed by atoms with Gasteiger partial charge in [-0.05, 0) is 83.9 Å². The van der Waals surface area contributed by atoms with Crippen molar-refractivity contribution in [3.05, 3.63) is 229 Å². The van der Waals surface area contributed by atoms with Crippen LogP contribution in [0, 0.1) is 0 Å². The highest BCUT2D eigenvalue weighted by molar-refractivity contribution is 7.26. The number of thiophene rings is 2. The van der Waals surface area contributed by atoms with Crippen LogP contribution < -0.4 is 9.80 Å². The van der Waals surface area contributed by atoms with E-state index in [1.54, 1.807) is 0 Å². The fraction of sp³-hybridized carbons (Fsp3) is 0.0370. The number of hydrogen-bond acceptors (Lipinski definition) is 4. The van der Waals surface area contributed by atoms with E-state index in [9.17, 15) is 0 Å². The minimum Gasteiger partial charge on any atom is -0.310 e. The minimum atomic E-state index is 0.127. The Hall–Kier alpha value is -6.72. The normalized spacial score (nSPS) is 15.8. The Morgan fingerprint density at radius 3 is 1.16 bits per heavy atom. The first-order valence-electron chi connectivity index (χ1n) is 19.9. The Balaban J connectivity index is 1.06.